The van der Waals surface area contributed by atoms with Crippen LogP contribution in [0, 0.1) is 0 Å². The van der Waals surface area contributed by atoms with E-state index in [4.69, 9.17) is 4.74 Å². The first-order chi connectivity index (χ1) is 12.4. The van der Waals surface area contributed by atoms with E-state index in [0.29, 0.717) is 18.3 Å². The quantitative estimate of drug-likeness (QED) is 0.642. The minimum Gasteiger partial charge on any atom is -0.491 e. The molecule has 5 heteroatoms. The van der Waals surface area contributed by atoms with Gasteiger partial charge in [0.2, 0.25) is 0 Å². The molecule has 0 spiro atoms. The van der Waals surface area contributed by atoms with Crippen molar-refractivity contribution in [2.45, 2.75) is 38.8 Å². The van der Waals surface area contributed by atoms with Crippen LogP contribution in [0.2, 0.25) is 0 Å². The maximum atomic E-state index is 11.3. The van der Waals surface area contributed by atoms with Gasteiger partial charge in [0.1, 0.15) is 18.5 Å². The molecule has 0 amide bonds. The van der Waals surface area contributed by atoms with E-state index in [1.165, 1.54) is 0 Å². The third-order valence-electron chi connectivity index (χ3n) is 4.17. The van der Waals surface area contributed by atoms with Crippen LogP contribution in [0.4, 0.5) is 0 Å². The molecule has 0 fully saturated rings. The molecule has 140 valence electrons. The Hall–Kier alpha value is -2.37. The Balaban J connectivity index is 2.05. The normalized spacial score (nSPS) is 13.4. The number of benzene rings is 2. The number of carboxylic acid groups (broad SMARTS) is 1. The number of aliphatic carboxylic acids is 1. The average Bonchev–Trinajstić information content (AvgIpc) is 2.64. The van der Waals surface area contributed by atoms with E-state index in [1.807, 2.05) is 62.4 Å². The van der Waals surface area contributed by atoms with Crippen LogP contribution in [0.5, 0.6) is 5.75 Å². The summed E-state index contributed by atoms with van der Waals surface area (Å²) in [5.41, 5.74) is 2.61. The number of nitrogens with one attached hydrogen (secondary N) is 1. The van der Waals surface area contributed by atoms with Gasteiger partial charge in [0, 0.05) is 12.6 Å². The molecule has 5 nitrogen and oxygen atoms in total. The van der Waals surface area contributed by atoms with Crippen molar-refractivity contribution in [3.05, 3.63) is 54.1 Å². The van der Waals surface area contributed by atoms with Gasteiger partial charge in [0.25, 0.3) is 0 Å². The van der Waals surface area contributed by atoms with Gasteiger partial charge in [-0.25, -0.2) is 0 Å². The Bertz CT molecular complexity index is 712. The van der Waals surface area contributed by atoms with E-state index < -0.39 is 18.0 Å². The molecule has 2 atom stereocenters. The molecule has 0 aliphatic carbocycles. The van der Waals surface area contributed by atoms with Gasteiger partial charge in [-0.1, -0.05) is 50.2 Å². The predicted molar refractivity (Wildman–Crippen MR) is 103 cm³/mol. The summed E-state index contributed by atoms with van der Waals surface area (Å²) in [7, 11) is 0. The third-order valence-corrected chi connectivity index (χ3v) is 4.17. The summed E-state index contributed by atoms with van der Waals surface area (Å²) in [6.45, 7) is 6.43. The molecule has 2 rings (SSSR count). The van der Waals surface area contributed by atoms with Crippen LogP contribution < -0.4 is 10.1 Å². The van der Waals surface area contributed by atoms with Crippen molar-refractivity contribution in [2.24, 2.45) is 0 Å². The molecule has 2 aromatic rings. The zero-order valence-electron chi connectivity index (χ0n) is 15.5. The van der Waals surface area contributed by atoms with Crippen molar-refractivity contribution in [3.8, 4) is 16.9 Å². The number of ether oxygens (including phenoxy) is 1. The summed E-state index contributed by atoms with van der Waals surface area (Å²) in [5.74, 6) is -0.756. The van der Waals surface area contributed by atoms with Gasteiger partial charge in [0.15, 0.2) is 0 Å². The fraction of sp³-hybridized carbons (Fsp3) is 0.381. The summed E-state index contributed by atoms with van der Waals surface area (Å²) in [6.07, 6.45) is -0.575. The highest BCUT2D eigenvalue weighted by Gasteiger charge is 2.17. The largest absolute Gasteiger partial charge is 0.491 e. The predicted octanol–water partition coefficient (Wildman–Crippen LogP) is 3.28. The third kappa shape index (κ3) is 5.58. The summed E-state index contributed by atoms with van der Waals surface area (Å²) < 4.78 is 5.62. The summed E-state index contributed by atoms with van der Waals surface area (Å²) in [4.78, 5) is 11.3. The molecular weight excluding hydrogens is 330 g/mol. The average molecular weight is 357 g/mol. The summed E-state index contributed by atoms with van der Waals surface area (Å²) in [5, 5.41) is 22.4. The zero-order valence-corrected chi connectivity index (χ0v) is 15.5. The van der Waals surface area contributed by atoms with Crippen molar-refractivity contribution < 1.29 is 19.7 Å². The molecule has 0 heterocycles. The second-order valence-corrected chi connectivity index (χ2v) is 6.70. The van der Waals surface area contributed by atoms with E-state index >= 15 is 0 Å². The van der Waals surface area contributed by atoms with Crippen LogP contribution in [0.1, 0.15) is 32.3 Å². The molecule has 3 N–H and O–H groups in total. The first-order valence-corrected chi connectivity index (χ1v) is 8.85. The van der Waals surface area contributed by atoms with Crippen molar-refractivity contribution in [2.75, 3.05) is 13.2 Å². The Morgan fingerprint density at radius 1 is 1.08 bits per heavy atom. The van der Waals surface area contributed by atoms with Crippen LogP contribution in [0.15, 0.2) is 48.5 Å². The lowest BCUT2D eigenvalue weighted by Gasteiger charge is -2.16. The number of aliphatic hydroxyl groups excluding tert-OH is 1. The molecule has 2 aromatic carbocycles. The minimum atomic E-state index is -0.846. The van der Waals surface area contributed by atoms with Crippen LogP contribution in [-0.4, -0.2) is 41.5 Å². The van der Waals surface area contributed by atoms with Gasteiger partial charge in [0.05, 0.1) is 5.92 Å². The molecular formula is C21H27NO4. The maximum Gasteiger partial charge on any atom is 0.310 e. The highest BCUT2D eigenvalue weighted by atomic mass is 16.5. The van der Waals surface area contributed by atoms with Gasteiger partial charge < -0.3 is 20.3 Å². The SMILES string of the molecule is CC(C)NCC(O)COc1ccc(-c2ccccc2C(C)C(=O)O)cc1. The fourth-order valence-corrected chi connectivity index (χ4v) is 2.62. The molecule has 0 saturated heterocycles. The Morgan fingerprint density at radius 2 is 1.73 bits per heavy atom. The number of carbonyl (C=O) groups is 1. The second-order valence-electron chi connectivity index (χ2n) is 6.70. The Morgan fingerprint density at radius 3 is 2.35 bits per heavy atom. The highest BCUT2D eigenvalue weighted by Crippen LogP contribution is 2.30. The Labute approximate surface area is 154 Å². The van der Waals surface area contributed by atoms with E-state index in [9.17, 15) is 15.0 Å². The maximum absolute atomic E-state index is 11.3. The fourth-order valence-electron chi connectivity index (χ4n) is 2.62. The molecule has 0 saturated carbocycles. The smallest absolute Gasteiger partial charge is 0.310 e. The lowest BCUT2D eigenvalue weighted by Crippen LogP contribution is -2.35. The number of hydrogen-bond donors (Lipinski definition) is 3. The van der Waals surface area contributed by atoms with Gasteiger partial charge in [-0.15, -0.1) is 0 Å². The molecule has 0 aliphatic heterocycles. The summed E-state index contributed by atoms with van der Waals surface area (Å²) in [6, 6.07) is 15.3. The van der Waals surface area contributed by atoms with Crippen molar-refractivity contribution >= 4 is 5.97 Å². The van der Waals surface area contributed by atoms with E-state index in [1.54, 1.807) is 6.92 Å². The lowest BCUT2D eigenvalue weighted by atomic mass is 9.92. The van der Waals surface area contributed by atoms with E-state index in [2.05, 4.69) is 5.32 Å². The number of aliphatic hydroxyl groups is 1. The second kappa shape index (κ2) is 9.36. The van der Waals surface area contributed by atoms with Gasteiger partial charge in [-0.05, 0) is 35.7 Å². The zero-order chi connectivity index (χ0) is 19.1. The van der Waals surface area contributed by atoms with E-state index in [-0.39, 0.29) is 6.61 Å². The van der Waals surface area contributed by atoms with Crippen LogP contribution >= 0.6 is 0 Å². The molecule has 2 unspecified atom stereocenters. The van der Waals surface area contributed by atoms with Crippen molar-refractivity contribution in [1.29, 1.82) is 0 Å². The molecule has 0 aliphatic rings. The standard InChI is InChI=1S/C21H27NO4/c1-14(2)22-12-17(23)13-26-18-10-8-16(9-11-18)20-7-5-4-6-19(20)15(3)21(24)25/h4-11,14-15,17,22-23H,12-13H2,1-3H3,(H,24,25). The van der Waals surface area contributed by atoms with Crippen molar-refractivity contribution in [1.82, 2.24) is 5.32 Å². The van der Waals surface area contributed by atoms with Crippen molar-refractivity contribution in [3.63, 3.8) is 0 Å². The van der Waals surface area contributed by atoms with Gasteiger partial charge >= 0.3 is 5.97 Å². The van der Waals surface area contributed by atoms with E-state index in [0.717, 1.165) is 16.7 Å². The highest BCUT2D eigenvalue weighted by molar-refractivity contribution is 5.80. The first kappa shape index (κ1) is 19.9. The van der Waals surface area contributed by atoms with Crippen LogP contribution in [0.25, 0.3) is 11.1 Å². The number of carboxylic acids is 1. The number of rotatable bonds is 9. The molecule has 0 aromatic heterocycles. The Kier molecular flexibility index (Phi) is 7.18. The van der Waals surface area contributed by atoms with Gasteiger partial charge in [-0.3, -0.25) is 4.79 Å². The topological polar surface area (TPSA) is 78.8 Å². The molecule has 26 heavy (non-hydrogen) atoms. The minimum absolute atomic E-state index is 0.214. The summed E-state index contributed by atoms with van der Waals surface area (Å²) >= 11 is 0. The molecule has 0 bridgehead atoms. The number of hydrogen-bond acceptors (Lipinski definition) is 4. The monoisotopic (exact) mass is 357 g/mol. The lowest BCUT2D eigenvalue weighted by molar-refractivity contribution is -0.138. The van der Waals surface area contributed by atoms with Crippen LogP contribution in [0.3, 0.4) is 0 Å². The van der Waals surface area contributed by atoms with Gasteiger partial charge in [-0.2, -0.15) is 0 Å². The van der Waals surface area contributed by atoms with Crippen LogP contribution in [-0.2, 0) is 4.79 Å². The first-order valence-electron chi connectivity index (χ1n) is 8.85. The molecule has 0 radical (unpaired) electrons.